The Morgan fingerprint density at radius 3 is 2.53 bits per heavy atom. The maximum absolute atomic E-state index is 13.1. The van der Waals surface area contributed by atoms with Crippen molar-refractivity contribution < 1.29 is 13.2 Å². The fourth-order valence-electron chi connectivity index (χ4n) is 2.17. The van der Waals surface area contributed by atoms with E-state index in [2.05, 4.69) is 10.1 Å². The minimum atomic E-state index is -4.38. The number of unbranched alkanes of at least 4 members (excludes halogenated alkanes) is 1. The number of rotatable bonds is 3. The summed E-state index contributed by atoms with van der Waals surface area (Å²) in [5, 5.41) is 4.32. The Bertz CT molecular complexity index is 599. The molecule has 0 saturated carbocycles. The molecular weight excluding hydrogens is 255 g/mol. The van der Waals surface area contributed by atoms with Crippen molar-refractivity contribution in [2.75, 3.05) is 0 Å². The Hall–Kier alpha value is -1.59. The third-order valence-corrected chi connectivity index (χ3v) is 3.03. The normalized spacial score (nSPS) is 12.3. The second kappa shape index (κ2) is 4.83. The van der Waals surface area contributed by atoms with Crippen LogP contribution in [0.3, 0.4) is 0 Å². The highest BCUT2D eigenvalue weighted by Gasteiger charge is 2.35. The lowest BCUT2D eigenvalue weighted by Gasteiger charge is -2.09. The number of nitrogens with zero attached hydrogens (tertiary/aromatic N) is 3. The summed E-state index contributed by atoms with van der Waals surface area (Å²) >= 11 is 0. The van der Waals surface area contributed by atoms with Crippen LogP contribution in [-0.4, -0.2) is 14.8 Å². The molecule has 2 aromatic rings. The Morgan fingerprint density at radius 1 is 1.26 bits per heavy atom. The molecule has 2 aromatic heterocycles. The zero-order valence-electron chi connectivity index (χ0n) is 11.2. The molecule has 0 aliphatic rings. The second-order valence-electron chi connectivity index (χ2n) is 4.67. The predicted molar refractivity (Wildman–Crippen MR) is 66.9 cm³/mol. The molecule has 0 saturated heterocycles. The van der Waals surface area contributed by atoms with E-state index in [1.165, 1.54) is 0 Å². The highest BCUT2D eigenvalue weighted by atomic mass is 19.4. The van der Waals surface area contributed by atoms with Crippen LogP contribution in [0, 0.1) is 13.8 Å². The van der Waals surface area contributed by atoms with Gasteiger partial charge in [-0.05, 0) is 26.3 Å². The Kier molecular flexibility index (Phi) is 3.52. The van der Waals surface area contributed by atoms with Crippen LogP contribution in [0.4, 0.5) is 13.2 Å². The molecule has 0 radical (unpaired) electrons. The third kappa shape index (κ3) is 2.57. The van der Waals surface area contributed by atoms with Gasteiger partial charge >= 0.3 is 6.18 Å². The molecule has 0 amide bonds. The van der Waals surface area contributed by atoms with Gasteiger partial charge in [0.1, 0.15) is 0 Å². The van der Waals surface area contributed by atoms with Gasteiger partial charge in [-0.15, -0.1) is 0 Å². The topological polar surface area (TPSA) is 30.7 Å². The van der Waals surface area contributed by atoms with Crippen LogP contribution in [0.1, 0.15) is 36.7 Å². The lowest BCUT2D eigenvalue weighted by atomic mass is 10.1. The van der Waals surface area contributed by atoms with Gasteiger partial charge in [0.05, 0.1) is 16.6 Å². The van der Waals surface area contributed by atoms with Crippen LogP contribution in [0.5, 0.6) is 0 Å². The highest BCUT2D eigenvalue weighted by molar-refractivity contribution is 5.83. The monoisotopic (exact) mass is 271 g/mol. The van der Waals surface area contributed by atoms with Crippen molar-refractivity contribution >= 4 is 11.0 Å². The molecule has 0 bridgehead atoms. The van der Waals surface area contributed by atoms with Gasteiger partial charge in [0.25, 0.3) is 0 Å². The second-order valence-corrected chi connectivity index (χ2v) is 4.67. The van der Waals surface area contributed by atoms with Gasteiger partial charge in [-0.25, -0.2) is 9.67 Å². The van der Waals surface area contributed by atoms with Crippen molar-refractivity contribution in [2.24, 2.45) is 0 Å². The van der Waals surface area contributed by atoms with Crippen LogP contribution in [0.15, 0.2) is 6.07 Å². The Morgan fingerprint density at radius 2 is 1.95 bits per heavy atom. The molecule has 0 aromatic carbocycles. The number of halogens is 3. The van der Waals surface area contributed by atoms with E-state index in [9.17, 15) is 13.2 Å². The van der Waals surface area contributed by atoms with E-state index in [1.54, 1.807) is 18.5 Å². The Labute approximate surface area is 109 Å². The van der Waals surface area contributed by atoms with E-state index in [-0.39, 0.29) is 5.39 Å². The van der Waals surface area contributed by atoms with Gasteiger partial charge in [0, 0.05) is 12.2 Å². The highest BCUT2D eigenvalue weighted by Crippen LogP contribution is 2.36. The van der Waals surface area contributed by atoms with Crippen LogP contribution >= 0.6 is 0 Å². The van der Waals surface area contributed by atoms with Crippen LogP contribution in [0.2, 0.25) is 0 Å². The van der Waals surface area contributed by atoms with E-state index in [0.29, 0.717) is 23.6 Å². The molecule has 0 atom stereocenters. The van der Waals surface area contributed by atoms with E-state index in [0.717, 1.165) is 18.9 Å². The van der Waals surface area contributed by atoms with Crippen LogP contribution in [0.25, 0.3) is 11.0 Å². The first kappa shape index (κ1) is 13.8. The van der Waals surface area contributed by atoms with Crippen molar-refractivity contribution in [3.05, 3.63) is 23.0 Å². The SMILES string of the molecule is CCCCn1nc(C)c2c(C(F)(F)F)cc(C)nc21. The summed E-state index contributed by atoms with van der Waals surface area (Å²) in [5.74, 6) is 0. The summed E-state index contributed by atoms with van der Waals surface area (Å²) in [6.45, 7) is 5.78. The van der Waals surface area contributed by atoms with Crippen molar-refractivity contribution in [1.29, 1.82) is 0 Å². The summed E-state index contributed by atoms with van der Waals surface area (Å²) in [4.78, 5) is 4.22. The van der Waals surface area contributed by atoms with Gasteiger partial charge in [-0.3, -0.25) is 0 Å². The lowest BCUT2D eigenvalue weighted by Crippen LogP contribution is -2.08. The van der Waals surface area contributed by atoms with Crippen molar-refractivity contribution in [3.8, 4) is 0 Å². The summed E-state index contributed by atoms with van der Waals surface area (Å²) in [7, 11) is 0. The maximum atomic E-state index is 13.1. The molecule has 0 aliphatic heterocycles. The fraction of sp³-hybridized carbons (Fsp3) is 0.538. The smallest absolute Gasteiger partial charge is 0.247 e. The van der Waals surface area contributed by atoms with Gasteiger partial charge in [0.2, 0.25) is 0 Å². The minimum absolute atomic E-state index is 0.120. The summed E-state index contributed by atoms with van der Waals surface area (Å²) in [6.07, 6.45) is -2.55. The summed E-state index contributed by atoms with van der Waals surface area (Å²) in [6, 6.07) is 1.08. The summed E-state index contributed by atoms with van der Waals surface area (Å²) < 4.78 is 40.8. The van der Waals surface area contributed by atoms with Crippen molar-refractivity contribution in [2.45, 2.75) is 46.3 Å². The molecule has 0 unspecified atom stereocenters. The molecule has 0 spiro atoms. The number of fused-ring (bicyclic) bond motifs is 1. The quantitative estimate of drug-likeness (QED) is 0.848. The van der Waals surface area contributed by atoms with Gasteiger partial charge in [-0.2, -0.15) is 18.3 Å². The van der Waals surface area contributed by atoms with E-state index < -0.39 is 11.7 Å². The molecule has 2 rings (SSSR count). The minimum Gasteiger partial charge on any atom is -0.247 e. The standard InChI is InChI=1S/C13H16F3N3/c1-4-5-6-19-12-11(9(3)18-19)10(13(14,15)16)7-8(2)17-12/h7H,4-6H2,1-3H3. The Balaban J connectivity index is 2.69. The maximum Gasteiger partial charge on any atom is 0.417 e. The molecule has 3 nitrogen and oxygen atoms in total. The van der Waals surface area contributed by atoms with E-state index in [1.807, 2.05) is 6.92 Å². The molecule has 0 aliphatic carbocycles. The molecule has 104 valence electrons. The van der Waals surface area contributed by atoms with Crippen molar-refractivity contribution in [3.63, 3.8) is 0 Å². The third-order valence-electron chi connectivity index (χ3n) is 3.03. The summed E-state index contributed by atoms with van der Waals surface area (Å²) in [5.41, 5.74) is 0.428. The van der Waals surface area contributed by atoms with E-state index in [4.69, 9.17) is 0 Å². The zero-order chi connectivity index (χ0) is 14.2. The van der Waals surface area contributed by atoms with Crippen LogP contribution < -0.4 is 0 Å². The first-order valence-electron chi connectivity index (χ1n) is 6.26. The molecule has 0 fully saturated rings. The zero-order valence-corrected chi connectivity index (χ0v) is 11.2. The number of pyridine rings is 1. The fourth-order valence-corrected chi connectivity index (χ4v) is 2.17. The van der Waals surface area contributed by atoms with Gasteiger partial charge < -0.3 is 0 Å². The van der Waals surface area contributed by atoms with E-state index >= 15 is 0 Å². The molecule has 2 heterocycles. The largest absolute Gasteiger partial charge is 0.417 e. The van der Waals surface area contributed by atoms with Crippen molar-refractivity contribution in [1.82, 2.24) is 14.8 Å². The number of aromatic nitrogens is 3. The predicted octanol–water partition coefficient (Wildman–Crippen LogP) is 3.87. The number of hydrogen-bond acceptors (Lipinski definition) is 2. The lowest BCUT2D eigenvalue weighted by molar-refractivity contribution is -0.136. The molecule has 0 N–H and O–H groups in total. The number of hydrogen-bond donors (Lipinski definition) is 0. The number of alkyl halides is 3. The van der Waals surface area contributed by atoms with Gasteiger partial charge in [0.15, 0.2) is 5.65 Å². The van der Waals surface area contributed by atoms with Crippen LogP contribution in [-0.2, 0) is 12.7 Å². The van der Waals surface area contributed by atoms with Gasteiger partial charge in [-0.1, -0.05) is 13.3 Å². The average Bonchev–Trinajstić information content (AvgIpc) is 2.61. The molecule has 6 heteroatoms. The average molecular weight is 271 g/mol. The number of aryl methyl sites for hydroxylation is 3. The molecule has 19 heavy (non-hydrogen) atoms. The first-order chi connectivity index (χ1) is 8.84. The first-order valence-corrected chi connectivity index (χ1v) is 6.26. The molecular formula is C13H16F3N3.